The predicted octanol–water partition coefficient (Wildman–Crippen LogP) is 4.57. The van der Waals surface area contributed by atoms with Crippen molar-refractivity contribution in [1.82, 2.24) is 4.90 Å². The Kier molecular flexibility index (Phi) is 5.54. The number of nitro benzene ring substituents is 1. The number of amides is 2. The van der Waals surface area contributed by atoms with E-state index < -0.39 is 16.7 Å². The number of likely N-dealkylation sites (tertiary alicyclic amines) is 1. The van der Waals surface area contributed by atoms with E-state index >= 15 is 0 Å². The summed E-state index contributed by atoms with van der Waals surface area (Å²) in [7, 11) is 0. The van der Waals surface area contributed by atoms with E-state index in [2.05, 4.69) is 6.92 Å². The Hall–Kier alpha value is -3.19. The fraction of sp³-hybridized carbons (Fsp3) is 0.304. The van der Waals surface area contributed by atoms with Gasteiger partial charge in [-0.05, 0) is 61.1 Å². The number of nitrogens with zero attached hydrogens (tertiary/aromatic N) is 3. The third kappa shape index (κ3) is 3.81. The van der Waals surface area contributed by atoms with Gasteiger partial charge in [-0.2, -0.15) is 0 Å². The van der Waals surface area contributed by atoms with Crippen molar-refractivity contribution in [2.45, 2.75) is 26.7 Å². The molecule has 0 saturated carbocycles. The molecule has 4 rings (SSSR count). The van der Waals surface area contributed by atoms with Gasteiger partial charge >= 0.3 is 0 Å². The van der Waals surface area contributed by atoms with Crippen LogP contribution in [0.1, 0.15) is 30.9 Å². The molecule has 8 heteroatoms. The number of halogens is 1. The van der Waals surface area contributed by atoms with Crippen LogP contribution in [0.2, 0.25) is 5.02 Å². The molecule has 0 N–H and O–H groups in total. The van der Waals surface area contributed by atoms with Crippen molar-refractivity contribution in [3.63, 3.8) is 0 Å². The normalized spacial score (nSPS) is 17.6. The van der Waals surface area contributed by atoms with E-state index in [1.54, 1.807) is 18.2 Å². The van der Waals surface area contributed by atoms with Crippen molar-refractivity contribution >= 4 is 40.4 Å². The number of carbonyl (C=O) groups excluding carboxylic acids is 2. The maximum absolute atomic E-state index is 13.6. The summed E-state index contributed by atoms with van der Waals surface area (Å²) < 4.78 is 0. The van der Waals surface area contributed by atoms with Crippen LogP contribution in [-0.2, 0) is 9.59 Å². The van der Waals surface area contributed by atoms with E-state index in [4.69, 9.17) is 11.6 Å². The second-order valence-corrected chi connectivity index (χ2v) is 8.51. The molecule has 2 heterocycles. The number of rotatable bonds is 4. The topological polar surface area (TPSA) is 83.8 Å². The Morgan fingerprint density at radius 3 is 2.29 bits per heavy atom. The summed E-state index contributed by atoms with van der Waals surface area (Å²) in [5.41, 5.74) is 2.24. The zero-order valence-electron chi connectivity index (χ0n) is 17.3. The first-order valence-electron chi connectivity index (χ1n) is 10.2. The Labute approximate surface area is 185 Å². The van der Waals surface area contributed by atoms with Gasteiger partial charge in [0, 0.05) is 30.2 Å². The summed E-state index contributed by atoms with van der Waals surface area (Å²) in [6.45, 7) is 5.34. The van der Waals surface area contributed by atoms with Gasteiger partial charge in [0.25, 0.3) is 17.5 Å². The van der Waals surface area contributed by atoms with Crippen molar-refractivity contribution in [2.75, 3.05) is 18.0 Å². The Morgan fingerprint density at radius 2 is 1.68 bits per heavy atom. The maximum Gasteiger partial charge on any atom is 0.282 e. The maximum atomic E-state index is 13.6. The predicted molar refractivity (Wildman–Crippen MR) is 119 cm³/mol. The number of benzene rings is 2. The summed E-state index contributed by atoms with van der Waals surface area (Å²) in [5.74, 6) is -0.283. The minimum absolute atomic E-state index is 0.0722. The number of piperidine rings is 1. The van der Waals surface area contributed by atoms with E-state index in [0.717, 1.165) is 18.4 Å². The van der Waals surface area contributed by atoms with Gasteiger partial charge in [0.2, 0.25) is 0 Å². The average Bonchev–Trinajstić information content (AvgIpc) is 3.00. The highest BCUT2D eigenvalue weighted by Crippen LogP contribution is 2.38. The molecule has 31 heavy (non-hydrogen) atoms. The lowest BCUT2D eigenvalue weighted by Gasteiger charge is -2.32. The monoisotopic (exact) mass is 439 g/mol. The van der Waals surface area contributed by atoms with Crippen LogP contribution in [0.15, 0.2) is 48.2 Å². The van der Waals surface area contributed by atoms with Crippen LogP contribution >= 0.6 is 11.6 Å². The molecule has 0 spiro atoms. The van der Waals surface area contributed by atoms with Crippen molar-refractivity contribution in [1.29, 1.82) is 0 Å². The third-order valence-electron chi connectivity index (χ3n) is 5.94. The number of nitro groups is 1. The number of anilines is 1. The molecule has 2 aromatic carbocycles. The molecule has 2 aliphatic rings. The molecular formula is C23H22ClN3O4. The van der Waals surface area contributed by atoms with Crippen molar-refractivity contribution in [3.05, 3.63) is 74.4 Å². The lowest BCUT2D eigenvalue weighted by Crippen LogP contribution is -2.38. The minimum atomic E-state index is -0.492. The van der Waals surface area contributed by atoms with Crippen LogP contribution in [0.3, 0.4) is 0 Å². The van der Waals surface area contributed by atoms with Gasteiger partial charge < -0.3 is 4.90 Å². The zero-order chi connectivity index (χ0) is 22.3. The van der Waals surface area contributed by atoms with E-state index in [1.165, 1.54) is 29.2 Å². The van der Waals surface area contributed by atoms with E-state index in [-0.39, 0.29) is 11.3 Å². The molecule has 0 aromatic heterocycles. The first kappa shape index (κ1) is 21.1. The largest absolute Gasteiger partial charge is 0.366 e. The van der Waals surface area contributed by atoms with Gasteiger partial charge in [-0.1, -0.05) is 24.6 Å². The number of hydrogen-bond donors (Lipinski definition) is 0. The molecule has 160 valence electrons. The van der Waals surface area contributed by atoms with Gasteiger partial charge in [0.1, 0.15) is 5.70 Å². The molecule has 2 aliphatic heterocycles. The number of hydrogen-bond acceptors (Lipinski definition) is 5. The van der Waals surface area contributed by atoms with Crippen LogP contribution in [0.4, 0.5) is 11.4 Å². The smallest absolute Gasteiger partial charge is 0.282 e. The van der Waals surface area contributed by atoms with Gasteiger partial charge in [0.15, 0.2) is 0 Å². The molecule has 0 unspecified atom stereocenters. The number of non-ortho nitro benzene ring substituents is 1. The molecule has 0 atom stereocenters. The fourth-order valence-electron chi connectivity index (χ4n) is 4.10. The summed E-state index contributed by atoms with van der Waals surface area (Å²) in [5, 5.41) is 11.5. The van der Waals surface area contributed by atoms with Crippen molar-refractivity contribution in [3.8, 4) is 0 Å². The second-order valence-electron chi connectivity index (χ2n) is 8.07. The standard InChI is InChI=1S/C23H22ClN3O4/c1-14-9-11-25(12-10-14)21-20(16-4-7-18(8-5-16)27(30)31)22(28)26(23(21)29)19-13-17(24)6-3-15(19)2/h3-8,13-14H,9-12H2,1-2H3. The van der Waals surface area contributed by atoms with Crippen molar-refractivity contribution < 1.29 is 14.5 Å². The second kappa shape index (κ2) is 8.15. The number of aryl methyl sites for hydroxylation is 1. The first-order valence-corrected chi connectivity index (χ1v) is 10.5. The number of imide groups is 1. The molecule has 7 nitrogen and oxygen atoms in total. The van der Waals surface area contributed by atoms with Crippen LogP contribution in [0.25, 0.3) is 5.57 Å². The van der Waals surface area contributed by atoms with Crippen LogP contribution in [0.5, 0.6) is 0 Å². The van der Waals surface area contributed by atoms with E-state index in [9.17, 15) is 19.7 Å². The van der Waals surface area contributed by atoms with E-state index in [1.807, 2.05) is 11.8 Å². The SMILES string of the molecule is Cc1ccc(Cl)cc1N1C(=O)C(c2ccc([N+](=O)[O-])cc2)=C(N2CCC(C)CC2)C1=O. The molecule has 1 saturated heterocycles. The van der Waals surface area contributed by atoms with E-state index in [0.29, 0.717) is 41.0 Å². The van der Waals surface area contributed by atoms with Crippen molar-refractivity contribution in [2.24, 2.45) is 5.92 Å². The molecule has 0 radical (unpaired) electrons. The summed E-state index contributed by atoms with van der Waals surface area (Å²) >= 11 is 6.16. The molecule has 1 fully saturated rings. The van der Waals surface area contributed by atoms with Crippen LogP contribution < -0.4 is 4.90 Å². The Bertz CT molecular complexity index is 1100. The molecular weight excluding hydrogens is 418 g/mol. The van der Waals surface area contributed by atoms with Gasteiger partial charge in [-0.25, -0.2) is 4.90 Å². The molecule has 2 aromatic rings. The summed E-state index contributed by atoms with van der Waals surface area (Å²) in [4.78, 5) is 40.8. The summed E-state index contributed by atoms with van der Waals surface area (Å²) in [6.07, 6.45) is 1.85. The van der Waals surface area contributed by atoms with Gasteiger partial charge in [-0.15, -0.1) is 0 Å². The Balaban J connectivity index is 1.83. The van der Waals surface area contributed by atoms with Crippen LogP contribution in [-0.4, -0.2) is 34.7 Å². The lowest BCUT2D eigenvalue weighted by atomic mass is 9.97. The Morgan fingerprint density at radius 1 is 1.03 bits per heavy atom. The molecule has 0 bridgehead atoms. The number of carbonyl (C=O) groups is 2. The zero-order valence-corrected chi connectivity index (χ0v) is 18.1. The van der Waals surface area contributed by atoms with Crippen LogP contribution in [0, 0.1) is 23.0 Å². The van der Waals surface area contributed by atoms with Gasteiger partial charge in [-0.3, -0.25) is 19.7 Å². The lowest BCUT2D eigenvalue weighted by molar-refractivity contribution is -0.384. The molecule has 2 amide bonds. The highest BCUT2D eigenvalue weighted by atomic mass is 35.5. The highest BCUT2D eigenvalue weighted by molar-refractivity contribution is 6.45. The van der Waals surface area contributed by atoms with Gasteiger partial charge in [0.05, 0.1) is 16.2 Å². The quantitative estimate of drug-likeness (QED) is 0.395. The highest BCUT2D eigenvalue weighted by Gasteiger charge is 2.43. The minimum Gasteiger partial charge on any atom is -0.366 e. The fourth-order valence-corrected chi connectivity index (χ4v) is 4.26. The average molecular weight is 440 g/mol. The molecule has 0 aliphatic carbocycles. The third-order valence-corrected chi connectivity index (χ3v) is 6.17. The summed E-state index contributed by atoms with van der Waals surface area (Å²) in [6, 6.07) is 10.8. The first-order chi connectivity index (χ1) is 14.8.